The highest BCUT2D eigenvalue weighted by molar-refractivity contribution is 5.48. The highest BCUT2D eigenvalue weighted by Crippen LogP contribution is 2.25. The van der Waals surface area contributed by atoms with Gasteiger partial charge in [0.1, 0.15) is 5.82 Å². The normalized spacial score (nSPS) is 25.9. The van der Waals surface area contributed by atoms with Gasteiger partial charge in [-0.25, -0.2) is 4.39 Å². The summed E-state index contributed by atoms with van der Waals surface area (Å²) in [6.45, 7) is 1.31. The molecule has 0 radical (unpaired) electrons. The van der Waals surface area contributed by atoms with Crippen LogP contribution in [0.2, 0.25) is 0 Å². The van der Waals surface area contributed by atoms with E-state index in [1.54, 1.807) is 6.07 Å². The number of nitrogens with zero attached hydrogens (tertiary/aromatic N) is 1. The molecule has 15 heavy (non-hydrogen) atoms. The molecule has 1 aliphatic heterocycles. The molecule has 0 bridgehead atoms. The van der Waals surface area contributed by atoms with Crippen LogP contribution < -0.4 is 10.6 Å². The predicted octanol–water partition coefficient (Wildman–Crippen LogP) is 0.726. The van der Waals surface area contributed by atoms with Gasteiger partial charge >= 0.3 is 0 Å². The van der Waals surface area contributed by atoms with Gasteiger partial charge in [0.2, 0.25) is 0 Å². The third-order valence-corrected chi connectivity index (χ3v) is 2.87. The molecule has 1 aliphatic rings. The van der Waals surface area contributed by atoms with Crippen molar-refractivity contribution in [1.29, 1.82) is 0 Å². The number of anilines is 1. The summed E-state index contributed by atoms with van der Waals surface area (Å²) < 4.78 is 13.0. The van der Waals surface area contributed by atoms with Crippen LogP contribution in [0.1, 0.15) is 6.42 Å². The second kappa shape index (κ2) is 3.79. The summed E-state index contributed by atoms with van der Waals surface area (Å²) in [4.78, 5) is 2.00. The second-order valence-corrected chi connectivity index (χ2v) is 4.17. The Morgan fingerprint density at radius 3 is 2.93 bits per heavy atom. The van der Waals surface area contributed by atoms with Crippen molar-refractivity contribution in [2.75, 3.05) is 24.6 Å². The topological polar surface area (TPSA) is 49.5 Å². The second-order valence-electron chi connectivity index (χ2n) is 4.17. The Kier molecular flexibility index (Phi) is 2.63. The van der Waals surface area contributed by atoms with Crippen LogP contribution in [0.4, 0.5) is 10.1 Å². The molecule has 1 aromatic carbocycles. The third kappa shape index (κ3) is 2.11. The van der Waals surface area contributed by atoms with Gasteiger partial charge in [-0.05, 0) is 24.6 Å². The average Bonchev–Trinajstić information content (AvgIpc) is 2.62. The fourth-order valence-electron chi connectivity index (χ4n) is 1.92. The van der Waals surface area contributed by atoms with E-state index in [0.717, 1.165) is 18.7 Å². The lowest BCUT2D eigenvalue weighted by atomic mass is 10.0. The van der Waals surface area contributed by atoms with E-state index in [4.69, 9.17) is 10.8 Å². The third-order valence-electron chi connectivity index (χ3n) is 2.87. The molecule has 1 fully saturated rings. The zero-order valence-electron chi connectivity index (χ0n) is 8.49. The van der Waals surface area contributed by atoms with Gasteiger partial charge in [0.15, 0.2) is 0 Å². The van der Waals surface area contributed by atoms with Crippen LogP contribution in [0.3, 0.4) is 0 Å². The molecule has 0 aromatic heterocycles. The summed E-state index contributed by atoms with van der Waals surface area (Å²) in [7, 11) is 0. The van der Waals surface area contributed by atoms with E-state index < -0.39 is 5.54 Å². The summed E-state index contributed by atoms with van der Waals surface area (Å²) in [6, 6.07) is 6.44. The highest BCUT2D eigenvalue weighted by atomic mass is 19.1. The van der Waals surface area contributed by atoms with Crippen molar-refractivity contribution >= 4 is 5.69 Å². The first-order valence-corrected chi connectivity index (χ1v) is 5.03. The van der Waals surface area contributed by atoms with E-state index in [-0.39, 0.29) is 12.4 Å². The van der Waals surface area contributed by atoms with Crippen LogP contribution in [0.25, 0.3) is 0 Å². The molecule has 82 valence electrons. The van der Waals surface area contributed by atoms with Crippen LogP contribution in [-0.4, -0.2) is 30.3 Å². The zero-order chi connectivity index (χ0) is 10.9. The number of rotatable bonds is 2. The number of aliphatic hydroxyl groups is 1. The van der Waals surface area contributed by atoms with E-state index in [1.165, 1.54) is 12.1 Å². The van der Waals surface area contributed by atoms with E-state index in [0.29, 0.717) is 6.54 Å². The Bertz CT molecular complexity index is 358. The van der Waals surface area contributed by atoms with Gasteiger partial charge in [-0.1, -0.05) is 6.07 Å². The van der Waals surface area contributed by atoms with Crippen LogP contribution in [0.5, 0.6) is 0 Å². The Labute approximate surface area is 88.3 Å². The van der Waals surface area contributed by atoms with Crippen molar-refractivity contribution in [2.24, 2.45) is 5.73 Å². The number of nitrogens with two attached hydrogens (primary N) is 1. The van der Waals surface area contributed by atoms with Crippen molar-refractivity contribution in [2.45, 2.75) is 12.0 Å². The molecule has 1 saturated heterocycles. The summed E-state index contributed by atoms with van der Waals surface area (Å²) >= 11 is 0. The molecule has 1 unspecified atom stereocenters. The molecule has 3 N–H and O–H groups in total. The standard InChI is InChI=1S/C11H15FN2O/c12-9-2-1-3-10(6-9)14-5-4-11(13,7-14)8-15/h1-3,6,15H,4-5,7-8,13H2. The van der Waals surface area contributed by atoms with Gasteiger partial charge in [-0.15, -0.1) is 0 Å². The van der Waals surface area contributed by atoms with E-state index in [1.807, 2.05) is 11.0 Å². The van der Waals surface area contributed by atoms with Gasteiger partial charge < -0.3 is 15.7 Å². The number of hydrogen-bond donors (Lipinski definition) is 2. The fraction of sp³-hybridized carbons (Fsp3) is 0.455. The lowest BCUT2D eigenvalue weighted by Gasteiger charge is -2.23. The summed E-state index contributed by atoms with van der Waals surface area (Å²) in [5.74, 6) is -0.244. The van der Waals surface area contributed by atoms with Crippen molar-refractivity contribution in [3.05, 3.63) is 30.1 Å². The molecule has 3 nitrogen and oxygen atoms in total. The molecule has 0 spiro atoms. The zero-order valence-corrected chi connectivity index (χ0v) is 8.49. The van der Waals surface area contributed by atoms with Crippen molar-refractivity contribution in [3.8, 4) is 0 Å². The first-order chi connectivity index (χ1) is 7.13. The number of hydrogen-bond acceptors (Lipinski definition) is 3. The molecule has 0 aliphatic carbocycles. The average molecular weight is 210 g/mol. The van der Waals surface area contributed by atoms with Gasteiger partial charge in [0.05, 0.1) is 12.1 Å². The maximum absolute atomic E-state index is 13.0. The molecular formula is C11H15FN2O. The minimum atomic E-state index is -0.535. The maximum Gasteiger partial charge on any atom is 0.125 e. The van der Waals surface area contributed by atoms with Crippen molar-refractivity contribution in [1.82, 2.24) is 0 Å². The van der Waals surface area contributed by atoms with Gasteiger partial charge in [-0.3, -0.25) is 0 Å². The molecule has 0 amide bonds. The number of halogens is 1. The van der Waals surface area contributed by atoms with Crippen LogP contribution in [0, 0.1) is 5.82 Å². The van der Waals surface area contributed by atoms with Gasteiger partial charge in [0, 0.05) is 18.8 Å². The highest BCUT2D eigenvalue weighted by Gasteiger charge is 2.33. The van der Waals surface area contributed by atoms with E-state index in [9.17, 15) is 4.39 Å². The molecule has 1 aromatic rings. The van der Waals surface area contributed by atoms with Crippen molar-refractivity contribution < 1.29 is 9.50 Å². The lowest BCUT2D eigenvalue weighted by molar-refractivity contribution is 0.210. The SMILES string of the molecule is NC1(CO)CCN(c2cccc(F)c2)C1. The molecule has 2 rings (SSSR count). The largest absolute Gasteiger partial charge is 0.394 e. The minimum Gasteiger partial charge on any atom is -0.394 e. The van der Waals surface area contributed by atoms with Gasteiger partial charge in [0.25, 0.3) is 0 Å². The van der Waals surface area contributed by atoms with Crippen LogP contribution in [0.15, 0.2) is 24.3 Å². The first kappa shape index (κ1) is 10.4. The van der Waals surface area contributed by atoms with Gasteiger partial charge in [-0.2, -0.15) is 0 Å². The minimum absolute atomic E-state index is 0.0290. The maximum atomic E-state index is 13.0. The molecule has 4 heteroatoms. The number of aliphatic hydroxyl groups excluding tert-OH is 1. The van der Waals surface area contributed by atoms with E-state index >= 15 is 0 Å². The number of benzene rings is 1. The fourth-order valence-corrected chi connectivity index (χ4v) is 1.92. The molecule has 1 atom stereocenters. The predicted molar refractivity (Wildman–Crippen MR) is 57.2 cm³/mol. The quantitative estimate of drug-likeness (QED) is 0.756. The molecule has 0 saturated carbocycles. The lowest BCUT2D eigenvalue weighted by Crippen LogP contribution is -2.46. The molecular weight excluding hydrogens is 195 g/mol. The van der Waals surface area contributed by atoms with Crippen LogP contribution >= 0.6 is 0 Å². The Morgan fingerprint density at radius 2 is 2.33 bits per heavy atom. The summed E-state index contributed by atoms with van der Waals surface area (Å²) in [6.07, 6.45) is 0.736. The molecule has 1 heterocycles. The van der Waals surface area contributed by atoms with E-state index in [2.05, 4.69) is 0 Å². The monoisotopic (exact) mass is 210 g/mol. The summed E-state index contributed by atoms with van der Waals surface area (Å²) in [5.41, 5.74) is 6.23. The smallest absolute Gasteiger partial charge is 0.125 e. The van der Waals surface area contributed by atoms with Crippen LogP contribution in [-0.2, 0) is 0 Å². The Morgan fingerprint density at radius 1 is 1.53 bits per heavy atom. The summed E-state index contributed by atoms with van der Waals surface area (Å²) in [5, 5.41) is 9.12. The Hall–Kier alpha value is -1.13. The van der Waals surface area contributed by atoms with Crippen molar-refractivity contribution in [3.63, 3.8) is 0 Å². The Balaban J connectivity index is 2.14. The first-order valence-electron chi connectivity index (χ1n) is 5.03.